The van der Waals surface area contributed by atoms with Crippen molar-refractivity contribution in [2.45, 2.75) is 17.4 Å². The lowest BCUT2D eigenvalue weighted by molar-refractivity contribution is 0.0968. The molecule has 0 fully saturated rings. The Bertz CT molecular complexity index is 1260. The summed E-state index contributed by atoms with van der Waals surface area (Å²) >= 11 is 0. The van der Waals surface area contributed by atoms with Gasteiger partial charge in [-0.15, -0.1) is 0 Å². The van der Waals surface area contributed by atoms with Crippen LogP contribution >= 0.6 is 0 Å². The Hall–Kier alpha value is -3.09. The van der Waals surface area contributed by atoms with Crippen LogP contribution in [0.15, 0.2) is 89.8 Å². The summed E-state index contributed by atoms with van der Waals surface area (Å²) in [6.45, 7) is 1.60. The van der Waals surface area contributed by atoms with Gasteiger partial charge in [-0.2, -0.15) is 0 Å². The second-order valence-electron chi connectivity index (χ2n) is 6.97. The molecule has 0 saturated carbocycles. The van der Waals surface area contributed by atoms with Crippen LogP contribution in [0.3, 0.4) is 0 Å². The first-order valence-electron chi connectivity index (χ1n) is 9.14. The highest BCUT2D eigenvalue weighted by Crippen LogP contribution is 2.36. The first kappa shape index (κ1) is 19.2. The quantitative estimate of drug-likeness (QED) is 0.540. The minimum Gasteiger partial charge on any atom is -0.497 e. The van der Waals surface area contributed by atoms with Crippen molar-refractivity contribution >= 4 is 20.9 Å². The van der Waals surface area contributed by atoms with E-state index in [0.717, 1.165) is 5.39 Å². The molecule has 1 heterocycles. The molecule has 1 atom stereocenters. The van der Waals surface area contributed by atoms with Gasteiger partial charge >= 0.3 is 0 Å². The lowest BCUT2D eigenvalue weighted by Gasteiger charge is -2.26. The Morgan fingerprint density at radius 3 is 2.17 bits per heavy atom. The van der Waals surface area contributed by atoms with Crippen LogP contribution in [0.4, 0.5) is 0 Å². The van der Waals surface area contributed by atoms with Crippen molar-refractivity contribution in [3.8, 4) is 5.75 Å². The van der Waals surface area contributed by atoms with Crippen LogP contribution in [-0.4, -0.2) is 24.6 Å². The van der Waals surface area contributed by atoms with E-state index in [1.165, 1.54) is 3.97 Å². The number of hydrogen-bond donors (Lipinski definition) is 1. The molecule has 0 aliphatic rings. The Morgan fingerprint density at radius 1 is 0.897 bits per heavy atom. The summed E-state index contributed by atoms with van der Waals surface area (Å²) < 4.78 is 33.5. The molecule has 4 rings (SSSR count). The third kappa shape index (κ3) is 3.20. The smallest absolute Gasteiger partial charge is 0.268 e. The Morgan fingerprint density at radius 2 is 1.52 bits per heavy atom. The molecule has 1 aromatic heterocycles. The second kappa shape index (κ2) is 7.06. The number of rotatable bonds is 5. The van der Waals surface area contributed by atoms with Crippen LogP contribution < -0.4 is 4.74 Å². The van der Waals surface area contributed by atoms with Crippen molar-refractivity contribution in [2.75, 3.05) is 7.11 Å². The van der Waals surface area contributed by atoms with Gasteiger partial charge in [-0.05, 0) is 48.9 Å². The molecule has 0 amide bonds. The minimum atomic E-state index is -3.92. The van der Waals surface area contributed by atoms with Crippen molar-refractivity contribution < 1.29 is 18.3 Å². The monoisotopic (exact) mass is 407 g/mol. The van der Waals surface area contributed by atoms with E-state index in [1.807, 2.05) is 12.1 Å². The minimum absolute atomic E-state index is 0.160. The molecule has 0 radical (unpaired) electrons. The Balaban J connectivity index is 1.99. The topological polar surface area (TPSA) is 68.5 Å². The highest BCUT2D eigenvalue weighted by Gasteiger charge is 2.34. The van der Waals surface area contributed by atoms with E-state index in [4.69, 9.17) is 4.74 Å². The highest BCUT2D eigenvalue weighted by atomic mass is 32.2. The maximum atomic E-state index is 13.5. The second-order valence-corrected chi connectivity index (χ2v) is 8.76. The Labute approximate surface area is 169 Å². The number of fused-ring (bicyclic) bond motifs is 1. The molecule has 5 nitrogen and oxygen atoms in total. The van der Waals surface area contributed by atoms with Crippen molar-refractivity contribution in [2.24, 2.45) is 0 Å². The summed E-state index contributed by atoms with van der Waals surface area (Å²) in [4.78, 5) is 0.160. The fourth-order valence-corrected chi connectivity index (χ4v) is 5.12. The van der Waals surface area contributed by atoms with Gasteiger partial charge in [0.05, 0.1) is 23.2 Å². The van der Waals surface area contributed by atoms with E-state index in [1.54, 1.807) is 86.8 Å². The van der Waals surface area contributed by atoms with E-state index in [2.05, 4.69) is 0 Å². The maximum Gasteiger partial charge on any atom is 0.268 e. The molecule has 1 N–H and O–H groups in total. The SMILES string of the molecule is COc1ccc([C@](C)(O)c2cc3ccccc3n2S(=O)(=O)c2ccccc2)cc1. The van der Waals surface area contributed by atoms with Crippen LogP contribution in [-0.2, 0) is 15.6 Å². The number of methoxy groups -OCH3 is 1. The fraction of sp³-hybridized carbons (Fsp3) is 0.130. The van der Waals surface area contributed by atoms with Crippen molar-refractivity contribution in [3.63, 3.8) is 0 Å². The van der Waals surface area contributed by atoms with Gasteiger partial charge in [0.2, 0.25) is 0 Å². The van der Waals surface area contributed by atoms with E-state index in [0.29, 0.717) is 16.8 Å². The highest BCUT2D eigenvalue weighted by molar-refractivity contribution is 7.90. The summed E-state index contributed by atoms with van der Waals surface area (Å²) in [7, 11) is -2.36. The van der Waals surface area contributed by atoms with Gasteiger partial charge in [0, 0.05) is 5.39 Å². The Kier molecular flexibility index (Phi) is 4.68. The van der Waals surface area contributed by atoms with Gasteiger partial charge in [-0.1, -0.05) is 48.5 Å². The number of aromatic nitrogens is 1. The van der Waals surface area contributed by atoms with Crippen LogP contribution in [0.1, 0.15) is 18.2 Å². The third-order valence-corrected chi connectivity index (χ3v) is 6.84. The van der Waals surface area contributed by atoms with Crippen LogP contribution in [0.25, 0.3) is 10.9 Å². The normalized spacial score (nSPS) is 13.9. The number of nitrogens with zero attached hydrogens (tertiary/aromatic N) is 1. The summed E-state index contributed by atoms with van der Waals surface area (Å²) in [6, 6.07) is 24.1. The van der Waals surface area contributed by atoms with E-state index >= 15 is 0 Å². The average molecular weight is 407 g/mol. The number of ether oxygens (including phenoxy) is 1. The van der Waals surface area contributed by atoms with Crippen molar-refractivity contribution in [1.29, 1.82) is 0 Å². The van der Waals surface area contributed by atoms with E-state index in [-0.39, 0.29) is 10.6 Å². The van der Waals surface area contributed by atoms with Gasteiger partial charge in [0.25, 0.3) is 10.0 Å². The van der Waals surface area contributed by atoms with E-state index in [9.17, 15) is 13.5 Å². The molecule has 3 aromatic carbocycles. The molecule has 0 bridgehead atoms. The lowest BCUT2D eigenvalue weighted by Crippen LogP contribution is -2.29. The largest absolute Gasteiger partial charge is 0.497 e. The van der Waals surface area contributed by atoms with Crippen LogP contribution in [0.2, 0.25) is 0 Å². The van der Waals surface area contributed by atoms with Gasteiger partial charge in [0.1, 0.15) is 11.4 Å². The molecule has 29 heavy (non-hydrogen) atoms. The van der Waals surface area contributed by atoms with Crippen LogP contribution in [0, 0.1) is 0 Å². The summed E-state index contributed by atoms with van der Waals surface area (Å²) in [6.07, 6.45) is 0. The van der Waals surface area contributed by atoms with Crippen molar-refractivity contribution in [1.82, 2.24) is 3.97 Å². The summed E-state index contributed by atoms with van der Waals surface area (Å²) in [5, 5.41) is 12.2. The third-order valence-electron chi connectivity index (χ3n) is 5.10. The van der Waals surface area contributed by atoms with Gasteiger partial charge in [-0.3, -0.25) is 0 Å². The van der Waals surface area contributed by atoms with Crippen molar-refractivity contribution in [3.05, 3.63) is 96.2 Å². The molecular weight excluding hydrogens is 386 g/mol. The van der Waals surface area contributed by atoms with E-state index < -0.39 is 15.6 Å². The standard InChI is InChI=1S/C23H21NO4S/c1-23(25,18-12-14-19(28-2)15-13-18)22-16-17-8-6-7-11-21(17)24(22)29(26,27)20-9-4-3-5-10-20/h3-16,25H,1-2H3/t23-/m0/s1. The average Bonchev–Trinajstić information content (AvgIpc) is 3.16. The molecule has 0 aliphatic heterocycles. The van der Waals surface area contributed by atoms with Crippen LogP contribution in [0.5, 0.6) is 5.75 Å². The van der Waals surface area contributed by atoms with Gasteiger partial charge in [0.15, 0.2) is 0 Å². The van der Waals surface area contributed by atoms with Gasteiger partial charge < -0.3 is 9.84 Å². The zero-order valence-electron chi connectivity index (χ0n) is 16.1. The maximum absolute atomic E-state index is 13.5. The molecule has 4 aromatic rings. The number of hydrogen-bond acceptors (Lipinski definition) is 4. The summed E-state index contributed by atoms with van der Waals surface area (Å²) in [5.41, 5.74) is -0.203. The zero-order chi connectivity index (χ0) is 20.6. The first-order valence-corrected chi connectivity index (χ1v) is 10.6. The molecule has 0 saturated heterocycles. The predicted molar refractivity (Wildman–Crippen MR) is 113 cm³/mol. The number of para-hydroxylation sites is 1. The molecule has 6 heteroatoms. The van der Waals surface area contributed by atoms with Gasteiger partial charge in [-0.25, -0.2) is 12.4 Å². The number of aliphatic hydroxyl groups is 1. The fourth-order valence-electron chi connectivity index (χ4n) is 3.49. The zero-order valence-corrected chi connectivity index (χ0v) is 16.9. The molecule has 148 valence electrons. The molecule has 0 unspecified atom stereocenters. The molecule has 0 spiro atoms. The molecule has 0 aliphatic carbocycles. The first-order chi connectivity index (χ1) is 13.9. The lowest BCUT2D eigenvalue weighted by atomic mass is 9.92. The predicted octanol–water partition coefficient (Wildman–Crippen LogP) is 4.14. The summed E-state index contributed by atoms with van der Waals surface area (Å²) in [5.74, 6) is 0.655. The number of benzene rings is 3. The molecular formula is C23H21NO4S.